The fourth-order valence-electron chi connectivity index (χ4n) is 3.12. The van der Waals surface area contributed by atoms with Crippen LogP contribution < -0.4 is 4.90 Å². The van der Waals surface area contributed by atoms with Crippen molar-refractivity contribution >= 4 is 23.4 Å². The average molecular weight is 286 g/mol. The molecule has 3 rings (SSSR count). The molecule has 1 aromatic rings. The van der Waals surface area contributed by atoms with Gasteiger partial charge < -0.3 is 4.90 Å². The van der Waals surface area contributed by atoms with Crippen LogP contribution in [0.4, 0.5) is 5.69 Å². The molecule has 2 heterocycles. The molecule has 5 heteroatoms. The lowest BCUT2D eigenvalue weighted by Crippen LogP contribution is -2.52. The van der Waals surface area contributed by atoms with Crippen molar-refractivity contribution in [3.05, 3.63) is 29.8 Å². The van der Waals surface area contributed by atoms with Crippen LogP contribution in [0.2, 0.25) is 0 Å². The van der Waals surface area contributed by atoms with Gasteiger partial charge in [-0.2, -0.15) is 0 Å². The molecule has 1 atom stereocenters. The van der Waals surface area contributed by atoms with Crippen LogP contribution in [0.25, 0.3) is 0 Å². The molecule has 0 unspecified atom stereocenters. The van der Waals surface area contributed by atoms with E-state index in [0.717, 1.165) is 12.8 Å². The van der Waals surface area contributed by atoms with Gasteiger partial charge in [0.1, 0.15) is 6.04 Å². The van der Waals surface area contributed by atoms with Crippen molar-refractivity contribution in [2.75, 3.05) is 11.4 Å². The molecular formula is C16H18N2O3. The Kier molecular flexibility index (Phi) is 3.49. The Morgan fingerprint density at radius 2 is 2.00 bits per heavy atom. The van der Waals surface area contributed by atoms with Gasteiger partial charge in [0.25, 0.3) is 11.8 Å². The molecule has 2 aliphatic heterocycles. The minimum Gasteiger partial charge on any atom is -0.327 e. The lowest BCUT2D eigenvalue weighted by molar-refractivity contribution is -0.129. The maximum atomic E-state index is 12.8. The molecule has 1 saturated heterocycles. The Bertz CT molecular complexity index is 611. The number of benzene rings is 1. The van der Waals surface area contributed by atoms with Gasteiger partial charge in [-0.05, 0) is 31.4 Å². The first-order chi connectivity index (χ1) is 10.1. The van der Waals surface area contributed by atoms with E-state index in [4.69, 9.17) is 0 Å². The first-order valence-corrected chi connectivity index (χ1v) is 7.42. The Morgan fingerprint density at radius 1 is 1.24 bits per heavy atom. The number of anilines is 1. The molecule has 0 spiro atoms. The number of carbonyl (C=O) groups is 3. The number of hydrogen-bond donors (Lipinski definition) is 0. The molecule has 5 nitrogen and oxygen atoms in total. The third kappa shape index (κ3) is 2.13. The number of imide groups is 1. The van der Waals surface area contributed by atoms with Gasteiger partial charge in [-0.1, -0.05) is 19.1 Å². The molecule has 3 amide bonds. The van der Waals surface area contributed by atoms with Gasteiger partial charge in [-0.3, -0.25) is 14.4 Å². The maximum Gasteiger partial charge on any atom is 0.256 e. The zero-order chi connectivity index (χ0) is 15.0. The van der Waals surface area contributed by atoms with Crippen molar-refractivity contribution in [2.24, 2.45) is 0 Å². The fourth-order valence-corrected chi connectivity index (χ4v) is 3.12. The zero-order valence-electron chi connectivity index (χ0n) is 12.0. The minimum absolute atomic E-state index is 0.143. The summed E-state index contributed by atoms with van der Waals surface area (Å²) in [5, 5.41) is 0. The molecule has 110 valence electrons. The summed E-state index contributed by atoms with van der Waals surface area (Å²) >= 11 is 0. The third-order valence-corrected chi connectivity index (χ3v) is 4.20. The van der Waals surface area contributed by atoms with Crippen LogP contribution in [0.15, 0.2) is 24.3 Å². The Labute approximate surface area is 123 Å². The second-order valence-corrected chi connectivity index (χ2v) is 5.45. The van der Waals surface area contributed by atoms with Crippen LogP contribution in [0.5, 0.6) is 0 Å². The third-order valence-electron chi connectivity index (χ3n) is 4.20. The van der Waals surface area contributed by atoms with E-state index in [1.807, 2.05) is 0 Å². The summed E-state index contributed by atoms with van der Waals surface area (Å²) in [5.41, 5.74) is 0.866. The molecule has 1 fully saturated rings. The summed E-state index contributed by atoms with van der Waals surface area (Å²) in [6, 6.07) is 6.38. The molecule has 0 N–H and O–H groups in total. The molecule has 21 heavy (non-hydrogen) atoms. The average Bonchev–Trinajstić information content (AvgIpc) is 2.62. The maximum absolute atomic E-state index is 12.8. The van der Waals surface area contributed by atoms with Crippen LogP contribution in [0.1, 0.15) is 43.0 Å². The second kappa shape index (κ2) is 5.31. The smallest absolute Gasteiger partial charge is 0.256 e. The van der Waals surface area contributed by atoms with Gasteiger partial charge in [0, 0.05) is 13.0 Å². The van der Waals surface area contributed by atoms with E-state index in [2.05, 4.69) is 0 Å². The molecule has 0 bridgehead atoms. The number of fused-ring (bicyclic) bond motifs is 2. The standard InChI is InChI=1S/C16H18N2O3/c1-2-14(19)18-12-8-4-3-7-11(12)15(20)17-10-6-5-9-13(17)16(18)21/h3-4,7-8,13H,2,5-6,9-10H2,1H3/t13-/m1/s1. The Hall–Kier alpha value is -2.17. The van der Waals surface area contributed by atoms with E-state index in [1.54, 1.807) is 36.1 Å². The summed E-state index contributed by atoms with van der Waals surface area (Å²) in [4.78, 5) is 40.6. The molecule has 0 aliphatic carbocycles. The van der Waals surface area contributed by atoms with Crippen LogP contribution >= 0.6 is 0 Å². The highest BCUT2D eigenvalue weighted by Crippen LogP contribution is 2.32. The SMILES string of the molecule is CCC(=O)N1C(=O)[C@H]2CCCCN2C(=O)c2ccccc21. The van der Waals surface area contributed by atoms with Gasteiger partial charge in [-0.15, -0.1) is 0 Å². The predicted octanol–water partition coefficient (Wildman–Crippen LogP) is 1.96. The summed E-state index contributed by atoms with van der Waals surface area (Å²) in [6.07, 6.45) is 2.68. The zero-order valence-corrected chi connectivity index (χ0v) is 12.0. The van der Waals surface area contributed by atoms with E-state index in [0.29, 0.717) is 24.2 Å². The topological polar surface area (TPSA) is 57.7 Å². The van der Waals surface area contributed by atoms with Gasteiger partial charge in [0.05, 0.1) is 11.3 Å². The van der Waals surface area contributed by atoms with Crippen molar-refractivity contribution in [3.63, 3.8) is 0 Å². The summed E-state index contributed by atoms with van der Waals surface area (Å²) < 4.78 is 0. The van der Waals surface area contributed by atoms with Gasteiger partial charge >= 0.3 is 0 Å². The quantitative estimate of drug-likeness (QED) is 0.793. The van der Waals surface area contributed by atoms with Crippen LogP contribution in [-0.2, 0) is 9.59 Å². The summed E-state index contributed by atoms with van der Waals surface area (Å²) in [6.45, 7) is 2.31. The van der Waals surface area contributed by atoms with Crippen LogP contribution in [-0.4, -0.2) is 35.2 Å². The lowest BCUT2D eigenvalue weighted by Gasteiger charge is -2.33. The van der Waals surface area contributed by atoms with Gasteiger partial charge in [-0.25, -0.2) is 4.90 Å². The van der Waals surface area contributed by atoms with Gasteiger partial charge in [0.2, 0.25) is 5.91 Å². The van der Waals surface area contributed by atoms with E-state index in [-0.39, 0.29) is 24.1 Å². The highest BCUT2D eigenvalue weighted by molar-refractivity contribution is 6.22. The molecule has 0 saturated carbocycles. The highest BCUT2D eigenvalue weighted by Gasteiger charge is 2.42. The first kappa shape index (κ1) is 13.8. The van der Waals surface area contributed by atoms with Crippen molar-refractivity contribution < 1.29 is 14.4 Å². The second-order valence-electron chi connectivity index (χ2n) is 5.45. The summed E-state index contributed by atoms with van der Waals surface area (Å²) in [7, 11) is 0. The van der Waals surface area contributed by atoms with Crippen molar-refractivity contribution in [1.82, 2.24) is 4.90 Å². The molecule has 2 aliphatic rings. The highest BCUT2D eigenvalue weighted by atomic mass is 16.2. The number of amides is 3. The predicted molar refractivity (Wildman–Crippen MR) is 77.9 cm³/mol. The Balaban J connectivity index is 2.16. The van der Waals surface area contributed by atoms with Crippen LogP contribution in [0.3, 0.4) is 0 Å². The lowest BCUT2D eigenvalue weighted by atomic mass is 10.0. The number of rotatable bonds is 1. The Morgan fingerprint density at radius 3 is 2.76 bits per heavy atom. The summed E-state index contributed by atoms with van der Waals surface area (Å²) in [5.74, 6) is -0.664. The molecular weight excluding hydrogens is 268 g/mol. The van der Waals surface area contributed by atoms with E-state index >= 15 is 0 Å². The van der Waals surface area contributed by atoms with E-state index in [9.17, 15) is 14.4 Å². The fraction of sp³-hybridized carbons (Fsp3) is 0.438. The minimum atomic E-state index is -0.505. The first-order valence-electron chi connectivity index (χ1n) is 7.42. The molecule has 1 aromatic carbocycles. The number of carbonyl (C=O) groups excluding carboxylic acids is 3. The van der Waals surface area contributed by atoms with Crippen molar-refractivity contribution in [1.29, 1.82) is 0 Å². The van der Waals surface area contributed by atoms with Crippen molar-refractivity contribution in [3.8, 4) is 0 Å². The normalized spacial score (nSPS) is 21.7. The van der Waals surface area contributed by atoms with Crippen LogP contribution in [0, 0.1) is 0 Å². The monoisotopic (exact) mass is 286 g/mol. The van der Waals surface area contributed by atoms with E-state index in [1.165, 1.54) is 4.90 Å². The largest absolute Gasteiger partial charge is 0.327 e. The number of piperidine rings is 1. The van der Waals surface area contributed by atoms with E-state index < -0.39 is 6.04 Å². The molecule has 0 aromatic heterocycles. The van der Waals surface area contributed by atoms with Gasteiger partial charge in [0.15, 0.2) is 0 Å². The van der Waals surface area contributed by atoms with Crippen molar-refractivity contribution in [2.45, 2.75) is 38.6 Å². The number of nitrogens with zero attached hydrogens (tertiary/aromatic N) is 2. The molecule has 0 radical (unpaired) electrons. The number of para-hydroxylation sites is 1. The number of hydrogen-bond acceptors (Lipinski definition) is 3.